The molecule has 1 heterocycles. The molecule has 72 heavy (non-hydrogen) atoms. The Balaban J connectivity index is 2.18. The molecule has 1 amide bonds. The van der Waals surface area contributed by atoms with Gasteiger partial charge in [0.2, 0.25) is 5.91 Å². The molecule has 422 valence electrons. The molecule has 0 radical (unpaired) electrons. The number of hydrogen-bond acceptors (Lipinski definition) is 9. The highest BCUT2D eigenvalue weighted by atomic mass is 16.7. The number of ether oxygens (including phenoxy) is 2. The molecule has 0 aromatic heterocycles. The van der Waals surface area contributed by atoms with E-state index in [1.165, 1.54) is 205 Å². The summed E-state index contributed by atoms with van der Waals surface area (Å²) in [5, 5.41) is 65.0. The predicted octanol–water partition coefficient (Wildman–Crippen LogP) is 14.3. The summed E-state index contributed by atoms with van der Waals surface area (Å²) in [7, 11) is 0. The van der Waals surface area contributed by atoms with Gasteiger partial charge in [0.1, 0.15) is 30.5 Å². The molecule has 1 saturated heterocycles. The molecule has 0 saturated carbocycles. The van der Waals surface area contributed by atoms with Gasteiger partial charge in [-0.3, -0.25) is 4.79 Å². The predicted molar refractivity (Wildman–Crippen MR) is 301 cm³/mol. The molecule has 8 atom stereocenters. The maximum absolute atomic E-state index is 13.1. The van der Waals surface area contributed by atoms with Crippen LogP contribution in [-0.4, -0.2) is 98.7 Å². The molecule has 1 aliphatic heterocycles. The number of aliphatic hydroxyl groups excluding tert-OH is 6. The van der Waals surface area contributed by atoms with Crippen LogP contribution >= 0.6 is 0 Å². The van der Waals surface area contributed by atoms with E-state index >= 15 is 0 Å². The van der Waals surface area contributed by atoms with Gasteiger partial charge >= 0.3 is 0 Å². The van der Waals surface area contributed by atoms with E-state index in [1.807, 2.05) is 6.08 Å². The summed E-state index contributed by atoms with van der Waals surface area (Å²) in [5.41, 5.74) is 0. The summed E-state index contributed by atoms with van der Waals surface area (Å²) >= 11 is 0. The fourth-order valence-electron chi connectivity index (χ4n) is 9.56. The summed E-state index contributed by atoms with van der Waals surface area (Å²) in [6.07, 6.45) is 58.0. The van der Waals surface area contributed by atoms with Crippen LogP contribution in [0.2, 0.25) is 0 Å². The fraction of sp³-hybridized carbons (Fsp3) is 0.855. The van der Waals surface area contributed by atoms with Gasteiger partial charge in [0.05, 0.1) is 25.4 Å². The average Bonchev–Trinajstić information content (AvgIpc) is 3.38. The molecule has 10 nitrogen and oxygen atoms in total. The second-order valence-corrected chi connectivity index (χ2v) is 21.3. The molecule has 1 rings (SSSR count). The van der Waals surface area contributed by atoms with Crippen molar-refractivity contribution in [1.82, 2.24) is 5.32 Å². The van der Waals surface area contributed by atoms with E-state index in [0.29, 0.717) is 19.3 Å². The second kappa shape index (κ2) is 51.2. The van der Waals surface area contributed by atoms with Gasteiger partial charge in [0.25, 0.3) is 0 Å². The van der Waals surface area contributed by atoms with Gasteiger partial charge in [-0.2, -0.15) is 0 Å². The number of nitrogens with one attached hydrogen (secondary N) is 1. The molecule has 0 aliphatic carbocycles. The molecule has 0 aromatic rings. The highest BCUT2D eigenvalue weighted by Crippen LogP contribution is 2.23. The zero-order valence-corrected chi connectivity index (χ0v) is 46.6. The Hall–Kier alpha value is -1.89. The van der Waals surface area contributed by atoms with Crippen LogP contribution in [0.3, 0.4) is 0 Å². The first kappa shape index (κ1) is 68.1. The molecule has 1 aliphatic rings. The minimum Gasteiger partial charge on any atom is -0.394 e. The third-order valence-corrected chi connectivity index (χ3v) is 14.5. The third-order valence-electron chi connectivity index (χ3n) is 14.5. The van der Waals surface area contributed by atoms with E-state index in [1.54, 1.807) is 6.08 Å². The monoisotopic (exact) mass is 1020 g/mol. The zero-order valence-electron chi connectivity index (χ0n) is 46.6. The van der Waals surface area contributed by atoms with Crippen molar-refractivity contribution in [2.75, 3.05) is 13.2 Å². The number of allylic oxidation sites excluding steroid dienone is 7. The Kier molecular flexibility index (Phi) is 48.5. The molecule has 0 aromatic carbocycles. The van der Waals surface area contributed by atoms with Gasteiger partial charge in [-0.1, -0.05) is 262 Å². The number of unbranched alkanes of at least 4 members (excludes halogenated alkanes) is 35. The molecule has 10 heteroatoms. The van der Waals surface area contributed by atoms with Crippen molar-refractivity contribution in [1.29, 1.82) is 0 Å². The molecule has 0 spiro atoms. The first-order valence-corrected chi connectivity index (χ1v) is 30.5. The summed E-state index contributed by atoms with van der Waals surface area (Å²) in [5.74, 6) is -0.624. The van der Waals surface area contributed by atoms with E-state index in [0.717, 1.165) is 38.5 Å². The normalized spacial score (nSPS) is 19.9. The van der Waals surface area contributed by atoms with E-state index < -0.39 is 61.5 Å². The van der Waals surface area contributed by atoms with E-state index in [9.17, 15) is 35.4 Å². The van der Waals surface area contributed by atoms with Crippen LogP contribution in [0, 0.1) is 0 Å². The number of carbonyl (C=O) groups is 1. The smallest absolute Gasteiger partial charge is 0.249 e. The quantitative estimate of drug-likeness (QED) is 0.0232. The van der Waals surface area contributed by atoms with Crippen LogP contribution in [-0.2, 0) is 14.3 Å². The van der Waals surface area contributed by atoms with Gasteiger partial charge in [-0.25, -0.2) is 0 Å². The Morgan fingerprint density at radius 2 is 0.861 bits per heavy atom. The molecule has 7 N–H and O–H groups in total. The van der Waals surface area contributed by atoms with Gasteiger partial charge in [0, 0.05) is 0 Å². The summed E-state index contributed by atoms with van der Waals surface area (Å²) < 4.78 is 11.2. The van der Waals surface area contributed by atoms with Gasteiger partial charge in [-0.05, 0) is 64.2 Å². The number of carbonyl (C=O) groups excluding carboxylic acids is 1. The Morgan fingerprint density at radius 3 is 1.29 bits per heavy atom. The van der Waals surface area contributed by atoms with Crippen LogP contribution in [0.25, 0.3) is 0 Å². The van der Waals surface area contributed by atoms with Crippen molar-refractivity contribution in [2.24, 2.45) is 0 Å². The van der Waals surface area contributed by atoms with Gasteiger partial charge in [-0.15, -0.1) is 0 Å². The second-order valence-electron chi connectivity index (χ2n) is 21.3. The Morgan fingerprint density at radius 1 is 0.486 bits per heavy atom. The van der Waals surface area contributed by atoms with Crippen LogP contribution in [0.4, 0.5) is 0 Å². The van der Waals surface area contributed by atoms with Crippen molar-refractivity contribution >= 4 is 5.91 Å². The van der Waals surface area contributed by atoms with Crippen molar-refractivity contribution < 1.29 is 44.9 Å². The highest BCUT2D eigenvalue weighted by Gasteiger charge is 2.44. The van der Waals surface area contributed by atoms with Crippen LogP contribution < -0.4 is 5.32 Å². The van der Waals surface area contributed by atoms with Gasteiger partial charge < -0.3 is 45.4 Å². The zero-order chi connectivity index (χ0) is 52.4. The number of hydrogen-bond donors (Lipinski definition) is 7. The van der Waals surface area contributed by atoms with Crippen molar-refractivity contribution in [3.05, 3.63) is 48.6 Å². The summed E-state index contributed by atoms with van der Waals surface area (Å²) in [4.78, 5) is 13.1. The summed E-state index contributed by atoms with van der Waals surface area (Å²) in [6, 6.07) is -0.998. The lowest BCUT2D eigenvalue weighted by atomic mass is 9.99. The molecular weight excluding hydrogens is 903 g/mol. The Labute approximate surface area is 442 Å². The maximum Gasteiger partial charge on any atom is 0.249 e. The lowest BCUT2D eigenvalue weighted by Gasteiger charge is -2.40. The SMILES string of the molecule is CCCCCCCCCCC/C=C\C/C=C\CCCCCCCCCCCCCCCCCCC(O)C(=O)NC(COC1OC(CO)C(O)C(O)C1O)C(O)/C=C/CC/C=C/CCCCCCCCCCC. The highest BCUT2D eigenvalue weighted by molar-refractivity contribution is 5.80. The van der Waals surface area contributed by atoms with E-state index in [-0.39, 0.29) is 6.61 Å². The standard InChI is InChI=1S/C62H115NO9/c1-3-5-7-9-11-13-15-17-19-20-21-22-23-24-25-26-27-28-29-30-31-32-33-34-35-37-39-41-43-45-47-49-51-56(66)61(70)63-54(53-71-62-60(69)59(68)58(67)57(52-64)72-62)55(65)50-48-46-44-42-40-38-36-18-16-14-12-10-8-6-4-2/h21-22,24-25,40,42,48,50,54-60,62,64-69H,3-20,23,26-39,41,43-47,49,51-53H2,1-2H3,(H,63,70)/b22-21-,25-24-,42-40+,50-48+. The van der Waals surface area contributed by atoms with Gasteiger partial charge in [0.15, 0.2) is 6.29 Å². The molecule has 0 bridgehead atoms. The third kappa shape index (κ3) is 39.5. The summed E-state index contributed by atoms with van der Waals surface area (Å²) in [6.45, 7) is 3.61. The van der Waals surface area contributed by atoms with E-state index in [2.05, 4.69) is 55.6 Å². The molecular formula is C62H115NO9. The minimum atomic E-state index is -1.62. The van der Waals surface area contributed by atoms with Crippen LogP contribution in [0.15, 0.2) is 48.6 Å². The number of amides is 1. The number of rotatable bonds is 52. The first-order valence-electron chi connectivity index (χ1n) is 30.5. The lowest BCUT2D eigenvalue weighted by Crippen LogP contribution is -2.60. The van der Waals surface area contributed by atoms with Crippen molar-refractivity contribution in [2.45, 2.75) is 326 Å². The largest absolute Gasteiger partial charge is 0.394 e. The van der Waals surface area contributed by atoms with Crippen molar-refractivity contribution in [3.63, 3.8) is 0 Å². The molecule has 8 unspecified atom stereocenters. The fourth-order valence-corrected chi connectivity index (χ4v) is 9.56. The average molecular weight is 1020 g/mol. The van der Waals surface area contributed by atoms with Crippen LogP contribution in [0.1, 0.15) is 277 Å². The first-order chi connectivity index (χ1) is 35.3. The van der Waals surface area contributed by atoms with E-state index in [4.69, 9.17) is 9.47 Å². The van der Waals surface area contributed by atoms with Crippen LogP contribution in [0.5, 0.6) is 0 Å². The molecule has 1 fully saturated rings. The minimum absolute atomic E-state index is 0.304. The Bertz CT molecular complexity index is 1290. The topological polar surface area (TPSA) is 169 Å². The number of aliphatic hydroxyl groups is 6. The van der Waals surface area contributed by atoms with Crippen molar-refractivity contribution in [3.8, 4) is 0 Å². The lowest BCUT2D eigenvalue weighted by molar-refractivity contribution is -0.302. The maximum atomic E-state index is 13.1.